The highest BCUT2D eigenvalue weighted by Crippen LogP contribution is 2.46. The van der Waals surface area contributed by atoms with Gasteiger partial charge in [-0.05, 0) is 24.6 Å². The fraction of sp³-hybridized carbons (Fsp3) is 0.235. The first kappa shape index (κ1) is 19.1. The van der Waals surface area contributed by atoms with Gasteiger partial charge in [-0.3, -0.25) is 0 Å². The Bertz CT molecular complexity index is 714. The van der Waals surface area contributed by atoms with E-state index in [0.29, 0.717) is 5.56 Å². The maximum atomic E-state index is 13.9. The molecule has 0 amide bonds. The number of para-hydroxylation sites is 1. The highest BCUT2D eigenvalue weighted by Gasteiger charge is 2.64. The van der Waals surface area contributed by atoms with E-state index in [4.69, 9.17) is 9.47 Å². The number of ether oxygens (including phenoxy) is 2. The van der Waals surface area contributed by atoms with Gasteiger partial charge in [-0.15, -0.1) is 0 Å². The van der Waals surface area contributed by atoms with Crippen LogP contribution in [-0.2, 0) is 4.74 Å². The average molecular weight is 376 g/mol. The van der Waals surface area contributed by atoms with Crippen molar-refractivity contribution in [3.8, 4) is 5.75 Å². The zero-order chi connectivity index (χ0) is 18.7. The molecule has 8 heteroatoms. The first-order valence-electron chi connectivity index (χ1n) is 7.06. The number of halogens is 5. The Morgan fingerprint density at radius 3 is 2.00 bits per heavy atom. The van der Waals surface area contributed by atoms with Gasteiger partial charge in [0.2, 0.25) is 6.10 Å². The summed E-state index contributed by atoms with van der Waals surface area (Å²) in [6, 6.07) is 12.8. The van der Waals surface area contributed by atoms with Crippen molar-refractivity contribution < 1.29 is 31.4 Å². The molecule has 134 valence electrons. The molecule has 0 spiro atoms. The number of aryl methyl sites for hydroxylation is 1. The number of alkyl halides is 5. The zero-order valence-electron chi connectivity index (χ0n) is 12.9. The molecule has 1 unspecified atom stereocenters. The van der Waals surface area contributed by atoms with Gasteiger partial charge in [0, 0.05) is 12.2 Å². The maximum absolute atomic E-state index is 13.9. The second kappa shape index (κ2) is 7.35. The van der Waals surface area contributed by atoms with Crippen LogP contribution >= 0.6 is 12.2 Å². The molecule has 0 aliphatic rings. The number of hydrogen-bond acceptors (Lipinski definition) is 3. The Kier molecular flexibility index (Phi) is 5.62. The van der Waals surface area contributed by atoms with Gasteiger partial charge in [0.1, 0.15) is 5.75 Å². The van der Waals surface area contributed by atoms with Crippen molar-refractivity contribution >= 4 is 17.5 Å². The minimum absolute atomic E-state index is 0.158. The fourth-order valence-electron chi connectivity index (χ4n) is 1.95. The van der Waals surface area contributed by atoms with E-state index in [-0.39, 0.29) is 11.3 Å². The Morgan fingerprint density at radius 1 is 0.920 bits per heavy atom. The predicted molar refractivity (Wildman–Crippen MR) is 85.7 cm³/mol. The smallest absolute Gasteiger partial charge is 0.441 e. The van der Waals surface area contributed by atoms with E-state index >= 15 is 0 Å². The third-order valence-corrected chi connectivity index (χ3v) is 3.43. The summed E-state index contributed by atoms with van der Waals surface area (Å²) in [4.78, 5) is 0. The molecule has 0 radical (unpaired) electrons. The molecule has 2 nitrogen and oxygen atoms in total. The van der Waals surface area contributed by atoms with Gasteiger partial charge in [-0.1, -0.05) is 48.0 Å². The standard InChI is InChI=1S/C17H13F5O2S/c1-11-7-9-12(10-8-11)14(16(18,19)17(20,21)22)24-15(25)23-13-5-3-2-4-6-13/h2-10,14H,1H3. The molecule has 2 aromatic rings. The van der Waals surface area contributed by atoms with Crippen LogP contribution in [0, 0.1) is 6.92 Å². The molecule has 0 heterocycles. The molecule has 0 fully saturated rings. The molecular weight excluding hydrogens is 363 g/mol. The minimum Gasteiger partial charge on any atom is -0.441 e. The summed E-state index contributed by atoms with van der Waals surface area (Å²) >= 11 is 4.68. The van der Waals surface area contributed by atoms with Crippen LogP contribution in [0.15, 0.2) is 54.6 Å². The topological polar surface area (TPSA) is 18.5 Å². The fourth-order valence-corrected chi connectivity index (χ4v) is 2.14. The number of benzene rings is 2. The molecule has 2 rings (SSSR count). The van der Waals surface area contributed by atoms with Crippen LogP contribution in [0.1, 0.15) is 17.2 Å². The van der Waals surface area contributed by atoms with E-state index in [0.717, 1.165) is 12.1 Å². The Morgan fingerprint density at radius 2 is 1.48 bits per heavy atom. The van der Waals surface area contributed by atoms with Crippen molar-refractivity contribution in [3.63, 3.8) is 0 Å². The molecule has 2 aromatic carbocycles. The predicted octanol–water partition coefficient (Wildman–Crippen LogP) is 5.61. The van der Waals surface area contributed by atoms with E-state index < -0.39 is 23.4 Å². The van der Waals surface area contributed by atoms with Crippen molar-refractivity contribution in [2.45, 2.75) is 25.1 Å². The molecular formula is C17H13F5O2S. The van der Waals surface area contributed by atoms with Gasteiger partial charge >= 0.3 is 17.3 Å². The molecule has 0 bridgehead atoms. The minimum atomic E-state index is -5.81. The summed E-state index contributed by atoms with van der Waals surface area (Å²) in [6.07, 6.45) is -8.48. The van der Waals surface area contributed by atoms with E-state index in [1.807, 2.05) is 0 Å². The van der Waals surface area contributed by atoms with E-state index in [1.165, 1.54) is 24.3 Å². The van der Waals surface area contributed by atoms with E-state index in [1.54, 1.807) is 25.1 Å². The molecule has 25 heavy (non-hydrogen) atoms. The number of thiocarbonyl (C=S) groups is 1. The molecule has 0 aliphatic heterocycles. The zero-order valence-corrected chi connectivity index (χ0v) is 13.7. The Balaban J connectivity index is 2.28. The Labute approximate surface area is 146 Å². The van der Waals surface area contributed by atoms with E-state index in [9.17, 15) is 22.0 Å². The van der Waals surface area contributed by atoms with Crippen LogP contribution in [0.4, 0.5) is 22.0 Å². The average Bonchev–Trinajstić information content (AvgIpc) is 2.53. The second-order valence-electron chi connectivity index (χ2n) is 5.19. The largest absolute Gasteiger partial charge is 0.457 e. The molecule has 0 aromatic heterocycles. The second-order valence-corrected chi connectivity index (χ2v) is 5.53. The summed E-state index contributed by atoms with van der Waals surface area (Å²) in [5.41, 5.74) is 0.327. The number of rotatable bonds is 4. The third kappa shape index (κ3) is 4.66. The lowest BCUT2D eigenvalue weighted by Crippen LogP contribution is -2.44. The van der Waals surface area contributed by atoms with Crippen LogP contribution in [-0.4, -0.2) is 17.3 Å². The SMILES string of the molecule is Cc1ccc(C(OC(=S)Oc2ccccc2)C(F)(F)C(F)(F)F)cc1. The first-order valence-corrected chi connectivity index (χ1v) is 7.46. The van der Waals surface area contributed by atoms with Crippen molar-refractivity contribution in [2.75, 3.05) is 0 Å². The van der Waals surface area contributed by atoms with Crippen molar-refractivity contribution in [3.05, 3.63) is 65.7 Å². The molecule has 0 aliphatic carbocycles. The highest BCUT2D eigenvalue weighted by molar-refractivity contribution is 7.79. The lowest BCUT2D eigenvalue weighted by Gasteiger charge is -2.29. The number of hydrogen-bond donors (Lipinski definition) is 0. The molecule has 0 saturated carbocycles. The monoisotopic (exact) mass is 376 g/mol. The van der Waals surface area contributed by atoms with Crippen LogP contribution in [0.3, 0.4) is 0 Å². The van der Waals surface area contributed by atoms with Gasteiger partial charge in [-0.25, -0.2) is 0 Å². The molecule has 0 saturated heterocycles. The summed E-state index contributed by atoms with van der Waals surface area (Å²) in [6.45, 7) is 1.67. The van der Waals surface area contributed by atoms with Crippen molar-refractivity contribution in [2.24, 2.45) is 0 Å². The van der Waals surface area contributed by atoms with Gasteiger partial charge in [0.15, 0.2) is 0 Å². The van der Waals surface area contributed by atoms with Crippen molar-refractivity contribution in [1.82, 2.24) is 0 Å². The quantitative estimate of drug-likeness (QED) is 0.510. The van der Waals surface area contributed by atoms with E-state index in [2.05, 4.69) is 12.2 Å². The highest BCUT2D eigenvalue weighted by atomic mass is 32.1. The molecule has 0 N–H and O–H groups in total. The van der Waals surface area contributed by atoms with Crippen LogP contribution in [0.5, 0.6) is 5.75 Å². The summed E-state index contributed by atoms with van der Waals surface area (Å²) in [7, 11) is 0. The van der Waals surface area contributed by atoms with Gasteiger partial charge < -0.3 is 9.47 Å². The van der Waals surface area contributed by atoms with Gasteiger partial charge in [0.25, 0.3) is 0 Å². The van der Waals surface area contributed by atoms with Crippen LogP contribution in [0.25, 0.3) is 0 Å². The molecule has 1 atom stereocenters. The van der Waals surface area contributed by atoms with Gasteiger partial charge in [-0.2, -0.15) is 22.0 Å². The maximum Gasteiger partial charge on any atom is 0.457 e. The normalized spacial score (nSPS) is 13.2. The first-order chi connectivity index (χ1) is 11.6. The van der Waals surface area contributed by atoms with Crippen LogP contribution in [0.2, 0.25) is 0 Å². The Hall–Kier alpha value is -2.22. The summed E-state index contributed by atoms with van der Waals surface area (Å²) in [5, 5.41) is -0.833. The van der Waals surface area contributed by atoms with Gasteiger partial charge in [0.05, 0.1) is 0 Å². The summed E-state index contributed by atoms with van der Waals surface area (Å²) in [5.74, 6) is -5.00. The summed E-state index contributed by atoms with van der Waals surface area (Å²) < 4.78 is 76.0. The lowest BCUT2D eigenvalue weighted by molar-refractivity contribution is -0.313. The van der Waals surface area contributed by atoms with Crippen LogP contribution < -0.4 is 4.74 Å². The lowest BCUT2D eigenvalue weighted by atomic mass is 10.0. The third-order valence-electron chi connectivity index (χ3n) is 3.25. The van der Waals surface area contributed by atoms with Crippen molar-refractivity contribution in [1.29, 1.82) is 0 Å².